The van der Waals surface area contributed by atoms with E-state index in [1.54, 1.807) is 54.6 Å². The van der Waals surface area contributed by atoms with E-state index in [0.717, 1.165) is 11.1 Å². The summed E-state index contributed by atoms with van der Waals surface area (Å²) in [5.74, 6) is 0. The van der Waals surface area contributed by atoms with Gasteiger partial charge in [0.1, 0.15) is 0 Å². The maximum Gasteiger partial charge on any atom is 0.296 e. The highest BCUT2D eigenvalue weighted by atomic mass is 35.5. The maximum atomic E-state index is 13.3. The number of aryl methyl sites for hydroxylation is 2. The summed E-state index contributed by atoms with van der Waals surface area (Å²) in [4.78, 5) is 0.221. The van der Waals surface area contributed by atoms with Crippen molar-refractivity contribution in [1.29, 1.82) is 0 Å². The highest BCUT2D eigenvalue weighted by molar-refractivity contribution is 7.90. The molecule has 0 saturated carbocycles. The highest BCUT2D eigenvalue weighted by Gasteiger charge is 2.22. The third-order valence-corrected chi connectivity index (χ3v) is 8.56. The molecule has 0 bridgehead atoms. The van der Waals surface area contributed by atoms with Crippen LogP contribution < -0.4 is 0 Å². The van der Waals surface area contributed by atoms with Gasteiger partial charge < -0.3 is 0 Å². The number of halogens is 1. The van der Waals surface area contributed by atoms with Crippen LogP contribution >= 0.6 is 11.6 Å². The molecule has 0 aliphatic carbocycles. The van der Waals surface area contributed by atoms with Gasteiger partial charge in [0.25, 0.3) is 20.1 Å². The van der Waals surface area contributed by atoms with Crippen LogP contribution in [0.5, 0.6) is 0 Å². The average Bonchev–Trinajstić information content (AvgIpc) is 3.12. The zero-order valence-electron chi connectivity index (χ0n) is 18.0. The van der Waals surface area contributed by atoms with Gasteiger partial charge in [-0.05, 0) is 62.2 Å². The molecule has 0 radical (unpaired) electrons. The fraction of sp³-hybridized carbons (Fsp3) is 0.167. The number of aromatic nitrogens is 1. The summed E-state index contributed by atoms with van der Waals surface area (Å²) < 4.78 is 58.0. The summed E-state index contributed by atoms with van der Waals surface area (Å²) in [5, 5.41) is 1.05. The van der Waals surface area contributed by atoms with Crippen LogP contribution in [0.3, 0.4) is 0 Å². The predicted octanol–water partition coefficient (Wildman–Crippen LogP) is 5.10. The van der Waals surface area contributed by atoms with E-state index in [1.807, 2.05) is 13.8 Å². The van der Waals surface area contributed by atoms with E-state index < -0.39 is 20.1 Å². The number of nitrogens with zero attached hydrogens (tertiary/aromatic N) is 1. The summed E-state index contributed by atoms with van der Waals surface area (Å²) in [6.45, 7) is 3.61. The molecule has 33 heavy (non-hydrogen) atoms. The molecule has 0 aliphatic heterocycles. The molecule has 9 heteroatoms. The van der Waals surface area contributed by atoms with Crippen LogP contribution in [0.25, 0.3) is 10.9 Å². The monoisotopic (exact) mass is 503 g/mol. The van der Waals surface area contributed by atoms with Gasteiger partial charge in [-0.3, -0.25) is 4.18 Å². The molecule has 0 atom stereocenters. The summed E-state index contributed by atoms with van der Waals surface area (Å²) in [5.41, 5.74) is 2.94. The van der Waals surface area contributed by atoms with Gasteiger partial charge in [0.2, 0.25) is 0 Å². The largest absolute Gasteiger partial charge is 0.296 e. The molecule has 0 fully saturated rings. The lowest BCUT2D eigenvalue weighted by Gasteiger charge is -2.08. The molecule has 0 saturated heterocycles. The topological polar surface area (TPSA) is 82.4 Å². The Balaban J connectivity index is 1.65. The van der Waals surface area contributed by atoms with Gasteiger partial charge in [-0.1, -0.05) is 53.1 Å². The Labute approximate surface area is 198 Å². The molecule has 6 nitrogen and oxygen atoms in total. The summed E-state index contributed by atoms with van der Waals surface area (Å²) >= 11 is 6.15. The molecule has 0 N–H and O–H groups in total. The molecular formula is C24H22ClNO5S2. The zero-order chi connectivity index (χ0) is 23.8. The molecule has 4 rings (SSSR count). The molecule has 0 aliphatic rings. The first kappa shape index (κ1) is 23.5. The number of hydrogen-bond acceptors (Lipinski definition) is 5. The van der Waals surface area contributed by atoms with Gasteiger partial charge in [0.05, 0.1) is 21.9 Å². The van der Waals surface area contributed by atoms with E-state index in [2.05, 4.69) is 0 Å². The Morgan fingerprint density at radius 2 is 1.39 bits per heavy atom. The lowest BCUT2D eigenvalue weighted by Crippen LogP contribution is -2.12. The van der Waals surface area contributed by atoms with Crippen LogP contribution in [0.4, 0.5) is 0 Å². The Kier molecular flexibility index (Phi) is 6.37. The lowest BCUT2D eigenvalue weighted by atomic mass is 10.1. The van der Waals surface area contributed by atoms with Gasteiger partial charge in [0, 0.05) is 16.6 Å². The Hall–Kier alpha value is -2.65. The van der Waals surface area contributed by atoms with E-state index in [1.165, 1.54) is 22.3 Å². The van der Waals surface area contributed by atoms with Gasteiger partial charge in [0.15, 0.2) is 0 Å². The SMILES string of the molecule is Cc1ccc(S(=O)(=O)OCCc2cn(S(=O)(=O)c3ccc(C)cc3)c3cc(Cl)ccc23)cc1. The first-order valence-electron chi connectivity index (χ1n) is 10.2. The van der Waals surface area contributed by atoms with E-state index >= 15 is 0 Å². The number of benzene rings is 3. The lowest BCUT2D eigenvalue weighted by molar-refractivity contribution is 0.322. The molecule has 0 spiro atoms. The van der Waals surface area contributed by atoms with Crippen LogP contribution in [0.1, 0.15) is 16.7 Å². The first-order chi connectivity index (χ1) is 15.6. The molecule has 1 aromatic heterocycles. The van der Waals surface area contributed by atoms with Crippen LogP contribution in [0, 0.1) is 13.8 Å². The van der Waals surface area contributed by atoms with Crippen molar-refractivity contribution in [1.82, 2.24) is 3.97 Å². The minimum atomic E-state index is -3.92. The van der Waals surface area contributed by atoms with Crippen LogP contribution in [0.15, 0.2) is 82.7 Å². The minimum absolute atomic E-state index is 0.0734. The van der Waals surface area contributed by atoms with Crippen molar-refractivity contribution < 1.29 is 21.0 Å². The summed E-state index contributed by atoms with van der Waals surface area (Å²) in [6, 6.07) is 17.9. The van der Waals surface area contributed by atoms with E-state index in [-0.39, 0.29) is 22.8 Å². The van der Waals surface area contributed by atoms with E-state index in [4.69, 9.17) is 15.8 Å². The summed E-state index contributed by atoms with van der Waals surface area (Å²) in [6.07, 6.45) is 1.69. The molecule has 0 unspecified atom stereocenters. The Bertz CT molecular complexity index is 1520. The normalized spacial score (nSPS) is 12.3. The van der Waals surface area contributed by atoms with Crippen LogP contribution in [-0.2, 0) is 30.7 Å². The second-order valence-corrected chi connectivity index (χ2v) is 11.6. The Morgan fingerprint density at radius 1 is 0.818 bits per heavy atom. The third-order valence-electron chi connectivity index (χ3n) is 5.31. The third kappa shape index (κ3) is 4.84. The molecule has 1 heterocycles. The second-order valence-electron chi connectivity index (χ2n) is 7.77. The van der Waals surface area contributed by atoms with Crippen LogP contribution in [-0.4, -0.2) is 27.4 Å². The van der Waals surface area contributed by atoms with Crippen LogP contribution in [0.2, 0.25) is 5.02 Å². The van der Waals surface area contributed by atoms with Gasteiger partial charge in [-0.25, -0.2) is 12.4 Å². The van der Waals surface area contributed by atoms with Crippen molar-refractivity contribution in [3.8, 4) is 0 Å². The number of hydrogen-bond donors (Lipinski definition) is 0. The fourth-order valence-electron chi connectivity index (χ4n) is 3.50. The fourth-order valence-corrected chi connectivity index (χ4v) is 5.95. The molecule has 4 aromatic rings. The van der Waals surface area contributed by atoms with E-state index in [0.29, 0.717) is 21.5 Å². The highest BCUT2D eigenvalue weighted by Crippen LogP contribution is 2.29. The molecule has 3 aromatic carbocycles. The first-order valence-corrected chi connectivity index (χ1v) is 13.4. The van der Waals surface area contributed by atoms with Crippen molar-refractivity contribution in [2.24, 2.45) is 0 Å². The quantitative estimate of drug-likeness (QED) is 0.328. The van der Waals surface area contributed by atoms with Crippen molar-refractivity contribution in [2.45, 2.75) is 30.1 Å². The van der Waals surface area contributed by atoms with Crippen molar-refractivity contribution in [3.05, 3.63) is 94.6 Å². The predicted molar refractivity (Wildman–Crippen MR) is 129 cm³/mol. The number of fused-ring (bicyclic) bond motifs is 1. The standard InChI is InChI=1S/C24H22ClNO5S2/c1-17-3-8-21(9-4-17)32(27,28)26-16-19(23-12-7-20(25)15-24(23)26)13-14-31-33(29,30)22-10-5-18(2)6-11-22/h3-12,15-16H,13-14H2,1-2H3. The minimum Gasteiger partial charge on any atom is -0.266 e. The van der Waals surface area contributed by atoms with Gasteiger partial charge in [-0.2, -0.15) is 8.42 Å². The molecular weight excluding hydrogens is 482 g/mol. The van der Waals surface area contributed by atoms with E-state index in [9.17, 15) is 16.8 Å². The van der Waals surface area contributed by atoms with Crippen molar-refractivity contribution in [2.75, 3.05) is 6.61 Å². The van der Waals surface area contributed by atoms with Gasteiger partial charge >= 0.3 is 0 Å². The Morgan fingerprint density at radius 3 is 2.00 bits per heavy atom. The summed E-state index contributed by atoms with van der Waals surface area (Å²) in [7, 11) is -7.80. The van der Waals surface area contributed by atoms with Crippen molar-refractivity contribution in [3.63, 3.8) is 0 Å². The second kappa shape index (κ2) is 8.95. The molecule has 0 amide bonds. The van der Waals surface area contributed by atoms with Gasteiger partial charge in [-0.15, -0.1) is 0 Å². The number of rotatable bonds is 7. The smallest absolute Gasteiger partial charge is 0.266 e. The maximum absolute atomic E-state index is 13.3. The zero-order valence-corrected chi connectivity index (χ0v) is 20.4. The molecule has 172 valence electrons. The van der Waals surface area contributed by atoms with Crippen molar-refractivity contribution >= 4 is 42.6 Å². The average molecular weight is 504 g/mol.